The molecule has 3 aromatic rings. The van der Waals surface area contributed by atoms with Crippen molar-refractivity contribution in [2.24, 2.45) is 0 Å². The first-order valence-corrected chi connectivity index (χ1v) is 12.1. The summed E-state index contributed by atoms with van der Waals surface area (Å²) in [4.78, 5) is 0. The molecule has 1 saturated heterocycles. The lowest BCUT2D eigenvalue weighted by molar-refractivity contribution is 0.142. The highest BCUT2D eigenvalue weighted by Gasteiger charge is 2.38. The van der Waals surface area contributed by atoms with Gasteiger partial charge in [-0.2, -0.15) is 5.26 Å². The summed E-state index contributed by atoms with van der Waals surface area (Å²) in [5.74, 6) is 0.804. The van der Waals surface area contributed by atoms with Crippen LogP contribution >= 0.6 is 0 Å². The van der Waals surface area contributed by atoms with Gasteiger partial charge < -0.3 is 10.1 Å². The Hall–Kier alpha value is -3.08. The van der Waals surface area contributed by atoms with Crippen LogP contribution in [0.2, 0.25) is 0 Å². The lowest BCUT2D eigenvalue weighted by Crippen LogP contribution is -2.50. The summed E-state index contributed by atoms with van der Waals surface area (Å²) in [5.41, 5.74) is 3.20. The fraction of sp³-hybridized carbons (Fsp3) is 0.292. The quantitative estimate of drug-likeness (QED) is 0.666. The van der Waals surface area contributed by atoms with Crippen molar-refractivity contribution < 1.29 is 13.2 Å². The van der Waals surface area contributed by atoms with E-state index in [-0.39, 0.29) is 17.9 Å². The van der Waals surface area contributed by atoms with Crippen LogP contribution in [-0.2, 0) is 16.4 Å². The fourth-order valence-corrected chi connectivity index (χ4v) is 5.63. The standard InChI is InChI=1S/C24H23N3O3S/c1-2-31(28,29)27-23-8-7-21(30-22-14-26-15-22)11-20(23)12-24(27)18-6-5-17-4-3-16(13-25)9-19(17)10-18/h3-11,22,24,26H,2,12,14-15H2,1H3. The van der Waals surface area contributed by atoms with Crippen LogP contribution in [0.1, 0.15) is 29.7 Å². The Bertz CT molecular complexity index is 1310. The molecule has 0 aromatic heterocycles. The summed E-state index contributed by atoms with van der Waals surface area (Å²) in [7, 11) is -3.47. The van der Waals surface area contributed by atoms with Crippen molar-refractivity contribution >= 4 is 26.5 Å². The van der Waals surface area contributed by atoms with Crippen molar-refractivity contribution in [3.05, 3.63) is 71.3 Å². The minimum absolute atomic E-state index is 0.0289. The number of hydrogen-bond acceptors (Lipinski definition) is 5. The van der Waals surface area contributed by atoms with E-state index in [0.717, 1.165) is 46.4 Å². The Balaban J connectivity index is 1.56. The average molecular weight is 434 g/mol. The zero-order valence-electron chi connectivity index (χ0n) is 17.2. The molecule has 5 rings (SSSR count). The molecule has 158 valence electrons. The van der Waals surface area contributed by atoms with Crippen molar-refractivity contribution in [1.82, 2.24) is 5.32 Å². The fourth-order valence-electron chi connectivity index (χ4n) is 4.29. The number of nitrogens with one attached hydrogen (secondary N) is 1. The van der Waals surface area contributed by atoms with Gasteiger partial charge in [-0.3, -0.25) is 4.31 Å². The van der Waals surface area contributed by atoms with Gasteiger partial charge in [0.2, 0.25) is 10.0 Å². The van der Waals surface area contributed by atoms with E-state index in [9.17, 15) is 13.7 Å². The predicted octanol–water partition coefficient (Wildman–Crippen LogP) is 3.52. The molecule has 1 fully saturated rings. The first-order chi connectivity index (χ1) is 15.0. The molecular formula is C24H23N3O3S. The highest BCUT2D eigenvalue weighted by molar-refractivity contribution is 7.92. The molecule has 1 N–H and O–H groups in total. The zero-order chi connectivity index (χ0) is 21.6. The molecule has 0 aliphatic carbocycles. The molecule has 0 spiro atoms. The minimum Gasteiger partial charge on any atom is -0.488 e. The van der Waals surface area contributed by atoms with E-state index in [1.165, 1.54) is 0 Å². The molecule has 2 aliphatic rings. The third-order valence-corrected chi connectivity index (χ3v) is 7.85. The van der Waals surface area contributed by atoms with E-state index in [1.54, 1.807) is 17.3 Å². The molecule has 0 radical (unpaired) electrons. The molecular weight excluding hydrogens is 410 g/mol. The number of nitriles is 1. The summed E-state index contributed by atoms with van der Waals surface area (Å²) in [6, 6.07) is 19.1. The summed E-state index contributed by atoms with van der Waals surface area (Å²) < 4.78 is 33.7. The van der Waals surface area contributed by atoms with Gasteiger partial charge in [-0.1, -0.05) is 18.2 Å². The number of anilines is 1. The molecule has 0 amide bonds. The van der Waals surface area contributed by atoms with Gasteiger partial charge in [0.15, 0.2) is 0 Å². The second kappa shape index (κ2) is 7.56. The predicted molar refractivity (Wildman–Crippen MR) is 121 cm³/mol. The van der Waals surface area contributed by atoms with Gasteiger partial charge in [-0.25, -0.2) is 8.42 Å². The molecule has 7 heteroatoms. The van der Waals surface area contributed by atoms with Crippen molar-refractivity contribution in [2.45, 2.75) is 25.5 Å². The minimum atomic E-state index is -3.47. The molecule has 2 aliphatic heterocycles. The number of fused-ring (bicyclic) bond motifs is 2. The number of nitrogens with zero attached hydrogens (tertiary/aromatic N) is 2. The van der Waals surface area contributed by atoms with E-state index in [0.29, 0.717) is 12.0 Å². The van der Waals surface area contributed by atoms with Crippen molar-refractivity contribution in [3.63, 3.8) is 0 Å². The van der Waals surface area contributed by atoms with Gasteiger partial charge in [-0.05, 0) is 65.2 Å². The monoisotopic (exact) mass is 433 g/mol. The van der Waals surface area contributed by atoms with Crippen molar-refractivity contribution in [2.75, 3.05) is 23.1 Å². The molecule has 6 nitrogen and oxygen atoms in total. The SMILES string of the molecule is CCS(=O)(=O)N1c2ccc(OC3CNC3)cc2CC1c1ccc2ccc(C#N)cc2c1. The smallest absolute Gasteiger partial charge is 0.235 e. The Labute approximate surface area is 182 Å². The van der Waals surface area contributed by atoms with Gasteiger partial charge in [0.1, 0.15) is 11.9 Å². The second-order valence-corrected chi connectivity index (χ2v) is 10.2. The average Bonchev–Trinajstić information content (AvgIpc) is 3.15. The molecule has 1 atom stereocenters. The lowest BCUT2D eigenvalue weighted by Gasteiger charge is -2.28. The Morgan fingerprint density at radius 1 is 1.10 bits per heavy atom. The molecule has 3 aromatic carbocycles. The van der Waals surface area contributed by atoms with Gasteiger partial charge in [0, 0.05) is 19.5 Å². The highest BCUT2D eigenvalue weighted by atomic mass is 32.2. The topological polar surface area (TPSA) is 82.4 Å². The first kappa shape index (κ1) is 19.9. The van der Waals surface area contributed by atoms with E-state index in [2.05, 4.69) is 11.4 Å². The van der Waals surface area contributed by atoms with Gasteiger partial charge in [0.25, 0.3) is 0 Å². The number of ether oxygens (including phenoxy) is 1. The number of benzene rings is 3. The lowest BCUT2D eigenvalue weighted by atomic mass is 9.98. The first-order valence-electron chi connectivity index (χ1n) is 10.4. The maximum Gasteiger partial charge on any atom is 0.235 e. The number of hydrogen-bond donors (Lipinski definition) is 1. The van der Waals surface area contributed by atoms with E-state index >= 15 is 0 Å². The van der Waals surface area contributed by atoms with Crippen LogP contribution in [0.3, 0.4) is 0 Å². The van der Waals surface area contributed by atoms with Crippen molar-refractivity contribution in [3.8, 4) is 11.8 Å². The zero-order valence-corrected chi connectivity index (χ0v) is 18.0. The summed E-state index contributed by atoms with van der Waals surface area (Å²) in [5, 5.41) is 14.4. The normalized spacial score (nSPS) is 18.5. The largest absolute Gasteiger partial charge is 0.488 e. The highest BCUT2D eigenvalue weighted by Crippen LogP contribution is 2.44. The molecule has 31 heavy (non-hydrogen) atoms. The number of sulfonamides is 1. The Morgan fingerprint density at radius 2 is 1.90 bits per heavy atom. The second-order valence-electron chi connectivity index (χ2n) is 8.04. The molecule has 1 unspecified atom stereocenters. The summed E-state index contributed by atoms with van der Waals surface area (Å²) in [6.07, 6.45) is 0.749. The van der Waals surface area contributed by atoms with Crippen LogP contribution in [0.4, 0.5) is 5.69 Å². The van der Waals surface area contributed by atoms with E-state index in [1.807, 2.05) is 48.5 Å². The van der Waals surface area contributed by atoms with Gasteiger partial charge >= 0.3 is 0 Å². The van der Waals surface area contributed by atoms with Crippen LogP contribution in [0.5, 0.6) is 5.75 Å². The third-order valence-electron chi connectivity index (χ3n) is 6.07. The third kappa shape index (κ3) is 3.52. The van der Waals surface area contributed by atoms with Crippen molar-refractivity contribution in [1.29, 1.82) is 5.26 Å². The Morgan fingerprint density at radius 3 is 2.61 bits per heavy atom. The van der Waals surface area contributed by atoms with Crippen LogP contribution in [0.15, 0.2) is 54.6 Å². The van der Waals surface area contributed by atoms with E-state index < -0.39 is 10.0 Å². The summed E-state index contributed by atoms with van der Waals surface area (Å²) in [6.45, 7) is 3.33. The summed E-state index contributed by atoms with van der Waals surface area (Å²) >= 11 is 0. The maximum atomic E-state index is 13.1. The maximum absolute atomic E-state index is 13.1. The van der Waals surface area contributed by atoms with Crippen LogP contribution in [-0.4, -0.2) is 33.4 Å². The molecule has 0 bridgehead atoms. The van der Waals surface area contributed by atoms with Crippen LogP contribution in [0, 0.1) is 11.3 Å². The molecule has 0 saturated carbocycles. The van der Waals surface area contributed by atoms with Crippen LogP contribution < -0.4 is 14.4 Å². The van der Waals surface area contributed by atoms with Gasteiger partial charge in [-0.15, -0.1) is 0 Å². The number of rotatable bonds is 5. The van der Waals surface area contributed by atoms with Crippen LogP contribution in [0.25, 0.3) is 10.8 Å². The molecule has 2 heterocycles. The Kier molecular flexibility index (Phi) is 4.84. The van der Waals surface area contributed by atoms with Gasteiger partial charge in [0.05, 0.1) is 29.1 Å². The van der Waals surface area contributed by atoms with E-state index in [4.69, 9.17) is 4.74 Å².